The predicted molar refractivity (Wildman–Crippen MR) is 167 cm³/mol. The molecule has 0 bridgehead atoms. The molecule has 2 heterocycles. The normalized spacial score (nSPS) is 23.3. The summed E-state index contributed by atoms with van der Waals surface area (Å²) in [5.41, 5.74) is 4.84. The molecular weight excluding hydrogens is 667 g/mol. The van der Waals surface area contributed by atoms with E-state index in [9.17, 15) is 31.1 Å². The number of halogens is 8. The highest BCUT2D eigenvalue weighted by Crippen LogP contribution is 2.46. The van der Waals surface area contributed by atoms with Gasteiger partial charge in [0.2, 0.25) is 0 Å². The maximum absolute atomic E-state index is 13.6. The Morgan fingerprint density at radius 2 is 1.55 bits per heavy atom. The molecule has 47 heavy (non-hydrogen) atoms. The number of fused-ring (bicyclic) bond motifs is 2. The number of morpholine rings is 1. The minimum Gasteiger partial charge on any atom is -0.367 e. The van der Waals surface area contributed by atoms with Crippen LogP contribution in [-0.4, -0.2) is 61.1 Å². The zero-order chi connectivity index (χ0) is 33.8. The maximum atomic E-state index is 13.6. The average Bonchev–Trinajstić information content (AvgIpc) is 3.31. The number of alkyl halides is 6. The number of benzene rings is 3. The van der Waals surface area contributed by atoms with Gasteiger partial charge in [-0.15, -0.1) is 0 Å². The molecule has 2 fully saturated rings. The third-order valence-corrected chi connectivity index (χ3v) is 10.8. The van der Waals surface area contributed by atoms with Crippen molar-refractivity contribution >= 4 is 29.1 Å². The van der Waals surface area contributed by atoms with Crippen LogP contribution in [0.15, 0.2) is 60.7 Å². The Morgan fingerprint density at radius 3 is 2.19 bits per heavy atom. The standard InChI is InChI=1S/C34H33Cl2F6N3O2/c35-27-6-5-23(19-28(27)36)32(9-12-44-10-7-31(8-11-44)26-4-2-1-3-21(26)17-29(31)43)20-45(13-14-47-32)30(46)22-15-24(33(37,38)39)18-25(16-22)34(40,41)42/h1-6,15-16,18-19,29H,7-14,17,20,43H2/t29?,32-/m0/s1. The van der Waals surface area contributed by atoms with Crippen molar-refractivity contribution in [2.45, 2.75) is 55.1 Å². The smallest absolute Gasteiger partial charge is 0.367 e. The lowest BCUT2D eigenvalue weighted by atomic mass is 9.71. The lowest BCUT2D eigenvalue weighted by Gasteiger charge is -2.46. The summed E-state index contributed by atoms with van der Waals surface area (Å²) in [6.07, 6.45) is -7.21. The van der Waals surface area contributed by atoms with Crippen LogP contribution in [0.5, 0.6) is 0 Å². The molecule has 252 valence electrons. The Hall–Kier alpha value is -2.83. The number of carbonyl (C=O) groups excluding carboxylic acids is 1. The number of likely N-dealkylation sites (tertiary alicyclic amines) is 1. The van der Waals surface area contributed by atoms with E-state index in [4.69, 9.17) is 33.7 Å². The number of nitrogens with zero attached hydrogens (tertiary/aromatic N) is 2. The van der Waals surface area contributed by atoms with Crippen LogP contribution < -0.4 is 5.73 Å². The SMILES string of the molecule is NC1Cc2ccccc2C12CCN(CC[C@@]1(c3ccc(Cl)c(Cl)c3)CN(C(=O)c3cc(C(F)(F)F)cc(C(F)(F)F)c3)CCO1)CC2. The first-order valence-electron chi connectivity index (χ1n) is 15.4. The van der Waals surface area contributed by atoms with Gasteiger partial charge in [-0.3, -0.25) is 4.79 Å². The highest BCUT2D eigenvalue weighted by atomic mass is 35.5. The molecule has 1 unspecified atom stereocenters. The van der Waals surface area contributed by atoms with Gasteiger partial charge in [-0.25, -0.2) is 0 Å². The summed E-state index contributed by atoms with van der Waals surface area (Å²) in [5.74, 6) is -0.955. The molecule has 0 aromatic heterocycles. The highest BCUT2D eigenvalue weighted by molar-refractivity contribution is 6.42. The summed E-state index contributed by atoms with van der Waals surface area (Å²) in [7, 11) is 0. The third kappa shape index (κ3) is 6.62. The van der Waals surface area contributed by atoms with E-state index >= 15 is 0 Å². The molecule has 1 amide bonds. The van der Waals surface area contributed by atoms with E-state index in [-0.39, 0.29) is 42.2 Å². The van der Waals surface area contributed by atoms with Crippen molar-refractivity contribution in [1.82, 2.24) is 9.80 Å². The van der Waals surface area contributed by atoms with E-state index in [2.05, 4.69) is 17.0 Å². The second kappa shape index (κ2) is 12.6. The first-order chi connectivity index (χ1) is 22.1. The van der Waals surface area contributed by atoms with Gasteiger partial charge in [-0.1, -0.05) is 53.5 Å². The minimum atomic E-state index is -5.08. The van der Waals surface area contributed by atoms with Crippen LogP contribution in [0.2, 0.25) is 10.0 Å². The Balaban J connectivity index is 1.25. The first kappa shape index (κ1) is 34.0. The molecule has 2 aliphatic heterocycles. The van der Waals surface area contributed by atoms with E-state index < -0.39 is 40.6 Å². The first-order valence-corrected chi connectivity index (χ1v) is 16.1. The van der Waals surface area contributed by atoms with Gasteiger partial charge < -0.3 is 20.3 Å². The summed E-state index contributed by atoms with van der Waals surface area (Å²) in [5, 5.41) is 0.546. The number of carbonyl (C=O) groups is 1. The zero-order valence-electron chi connectivity index (χ0n) is 25.2. The summed E-state index contributed by atoms with van der Waals surface area (Å²) in [4.78, 5) is 17.2. The summed E-state index contributed by atoms with van der Waals surface area (Å²) < 4.78 is 87.8. The Morgan fingerprint density at radius 1 is 0.894 bits per heavy atom. The summed E-state index contributed by atoms with van der Waals surface area (Å²) in [6.45, 7) is 1.96. The van der Waals surface area contributed by atoms with Crippen LogP contribution >= 0.6 is 23.2 Å². The molecule has 6 rings (SSSR count). The van der Waals surface area contributed by atoms with Gasteiger partial charge in [0.05, 0.1) is 34.3 Å². The van der Waals surface area contributed by atoms with Crippen LogP contribution in [0.4, 0.5) is 26.3 Å². The average molecular weight is 701 g/mol. The van der Waals surface area contributed by atoms with E-state index in [1.165, 1.54) is 16.0 Å². The van der Waals surface area contributed by atoms with Crippen LogP contribution in [0.1, 0.15) is 57.4 Å². The molecule has 3 aromatic carbocycles. The van der Waals surface area contributed by atoms with Crippen LogP contribution in [0.25, 0.3) is 0 Å². The monoisotopic (exact) mass is 699 g/mol. The summed E-state index contributed by atoms with van der Waals surface area (Å²) in [6, 6.07) is 14.3. The molecule has 1 aliphatic carbocycles. The molecule has 13 heteroatoms. The Labute approximate surface area is 278 Å². The van der Waals surface area contributed by atoms with Crippen molar-refractivity contribution in [1.29, 1.82) is 0 Å². The third-order valence-electron chi connectivity index (χ3n) is 10.0. The molecule has 1 spiro atoms. The van der Waals surface area contributed by atoms with Crippen LogP contribution in [0, 0.1) is 0 Å². The van der Waals surface area contributed by atoms with Gasteiger partial charge in [-0.05, 0) is 85.8 Å². The molecule has 3 aromatic rings. The van der Waals surface area contributed by atoms with E-state index in [0.717, 1.165) is 32.4 Å². The molecular formula is C34H33Cl2F6N3O2. The van der Waals surface area contributed by atoms with Crippen LogP contribution in [-0.2, 0) is 34.5 Å². The number of ether oxygens (including phenoxy) is 1. The fourth-order valence-electron chi connectivity index (χ4n) is 7.44. The Bertz CT molecular complexity index is 1630. The second-order valence-electron chi connectivity index (χ2n) is 12.7. The number of piperidine rings is 1. The van der Waals surface area contributed by atoms with Gasteiger partial charge in [0.1, 0.15) is 5.60 Å². The second-order valence-corrected chi connectivity index (χ2v) is 13.5. The van der Waals surface area contributed by atoms with E-state index in [0.29, 0.717) is 35.7 Å². The minimum absolute atomic E-state index is 0.00578. The molecule has 0 saturated carbocycles. The lowest BCUT2D eigenvalue weighted by Crippen LogP contribution is -2.54. The highest BCUT2D eigenvalue weighted by Gasteiger charge is 2.47. The van der Waals surface area contributed by atoms with Gasteiger partial charge in [-0.2, -0.15) is 26.3 Å². The fourth-order valence-corrected chi connectivity index (χ4v) is 7.74. The lowest BCUT2D eigenvalue weighted by molar-refractivity contribution is -0.143. The van der Waals surface area contributed by atoms with Crippen molar-refractivity contribution < 1.29 is 35.9 Å². The van der Waals surface area contributed by atoms with Gasteiger partial charge in [0.15, 0.2) is 0 Å². The quantitative estimate of drug-likeness (QED) is 0.277. The van der Waals surface area contributed by atoms with Gasteiger partial charge >= 0.3 is 12.4 Å². The van der Waals surface area contributed by atoms with Crippen molar-refractivity contribution in [3.05, 3.63) is 104 Å². The van der Waals surface area contributed by atoms with E-state index in [1.54, 1.807) is 18.2 Å². The van der Waals surface area contributed by atoms with Gasteiger partial charge in [0, 0.05) is 30.1 Å². The van der Waals surface area contributed by atoms with Gasteiger partial charge in [0.25, 0.3) is 5.91 Å². The molecule has 2 N–H and O–H groups in total. The molecule has 3 aliphatic rings. The number of rotatable bonds is 5. The van der Waals surface area contributed by atoms with Crippen LogP contribution in [0.3, 0.4) is 0 Å². The Kier molecular flexibility index (Phi) is 9.10. The number of nitrogens with two attached hydrogens (primary N) is 1. The fraction of sp³-hybridized carbons (Fsp3) is 0.441. The number of hydrogen-bond donors (Lipinski definition) is 1. The maximum Gasteiger partial charge on any atom is 0.416 e. The zero-order valence-corrected chi connectivity index (χ0v) is 26.7. The molecule has 2 atom stereocenters. The van der Waals surface area contributed by atoms with E-state index in [1.807, 2.05) is 12.1 Å². The van der Waals surface area contributed by atoms with Crippen molar-refractivity contribution in [2.75, 3.05) is 39.3 Å². The summed E-state index contributed by atoms with van der Waals surface area (Å²) >= 11 is 12.6. The largest absolute Gasteiger partial charge is 0.416 e. The van der Waals surface area contributed by atoms with Crippen molar-refractivity contribution in [2.24, 2.45) is 5.73 Å². The molecule has 5 nitrogen and oxygen atoms in total. The number of hydrogen-bond acceptors (Lipinski definition) is 4. The predicted octanol–water partition coefficient (Wildman–Crippen LogP) is 7.71. The van der Waals surface area contributed by atoms with Crippen molar-refractivity contribution in [3.8, 4) is 0 Å². The molecule has 0 radical (unpaired) electrons. The topological polar surface area (TPSA) is 58.8 Å². The molecule has 2 saturated heterocycles. The number of amides is 1. The van der Waals surface area contributed by atoms with Crippen molar-refractivity contribution in [3.63, 3.8) is 0 Å².